The largest absolute Gasteiger partial charge is 0.342 e. The van der Waals surface area contributed by atoms with Gasteiger partial charge in [-0.25, -0.2) is 0 Å². The number of amides is 1. The summed E-state index contributed by atoms with van der Waals surface area (Å²) in [6.45, 7) is 6.35. The van der Waals surface area contributed by atoms with Gasteiger partial charge < -0.3 is 4.90 Å². The maximum Gasteiger partial charge on any atom is 0.222 e. The Morgan fingerprint density at radius 1 is 1.40 bits per heavy atom. The Balaban J connectivity index is 2.32. The first-order valence-electron chi connectivity index (χ1n) is 5.89. The first-order valence-corrected chi connectivity index (χ1v) is 6.42. The van der Waals surface area contributed by atoms with E-state index in [0.29, 0.717) is 23.6 Å². The van der Waals surface area contributed by atoms with Crippen LogP contribution in [0.3, 0.4) is 0 Å². The summed E-state index contributed by atoms with van der Waals surface area (Å²) in [6.07, 6.45) is 4.93. The zero-order chi connectivity index (χ0) is 11.3. The van der Waals surface area contributed by atoms with E-state index in [2.05, 4.69) is 13.8 Å². The number of carbonyl (C=O) groups excluding carboxylic acids is 1. The van der Waals surface area contributed by atoms with Crippen molar-refractivity contribution < 1.29 is 4.79 Å². The number of likely N-dealkylation sites (tertiary alicyclic amines) is 1. The average Bonchev–Trinajstić information content (AvgIpc) is 2.16. The number of halogens is 1. The van der Waals surface area contributed by atoms with Crippen molar-refractivity contribution in [2.24, 2.45) is 5.41 Å². The third kappa shape index (κ3) is 4.42. The summed E-state index contributed by atoms with van der Waals surface area (Å²) in [5.41, 5.74) is 0.306. The van der Waals surface area contributed by atoms with E-state index in [-0.39, 0.29) is 0 Å². The minimum atomic E-state index is 0.306. The molecule has 1 rings (SSSR count). The maximum absolute atomic E-state index is 11.8. The van der Waals surface area contributed by atoms with Crippen molar-refractivity contribution in [1.29, 1.82) is 0 Å². The molecule has 0 radical (unpaired) electrons. The van der Waals surface area contributed by atoms with Crippen LogP contribution in [0.25, 0.3) is 0 Å². The van der Waals surface area contributed by atoms with Crippen molar-refractivity contribution in [2.45, 2.75) is 46.0 Å². The topological polar surface area (TPSA) is 20.3 Å². The number of piperidine rings is 1. The molecule has 0 bridgehead atoms. The molecule has 0 spiro atoms. The Bertz CT molecular complexity index is 216. The zero-order valence-corrected chi connectivity index (χ0v) is 10.6. The lowest BCUT2D eigenvalue weighted by Gasteiger charge is -2.38. The van der Waals surface area contributed by atoms with Crippen molar-refractivity contribution in [3.05, 3.63) is 0 Å². The van der Waals surface area contributed by atoms with Gasteiger partial charge in [-0.3, -0.25) is 4.79 Å². The van der Waals surface area contributed by atoms with Gasteiger partial charge >= 0.3 is 0 Å². The van der Waals surface area contributed by atoms with Gasteiger partial charge in [0.15, 0.2) is 0 Å². The average molecular weight is 232 g/mol. The van der Waals surface area contributed by atoms with Crippen LogP contribution >= 0.6 is 11.6 Å². The van der Waals surface area contributed by atoms with Crippen LogP contribution in [-0.4, -0.2) is 29.8 Å². The SMILES string of the molecule is CC1(C)CCCN(C(=O)CCCCCl)C1. The molecule has 0 aromatic carbocycles. The molecule has 0 aromatic rings. The van der Waals surface area contributed by atoms with Crippen LogP contribution in [0.5, 0.6) is 0 Å². The fourth-order valence-electron chi connectivity index (χ4n) is 2.16. The van der Waals surface area contributed by atoms with E-state index >= 15 is 0 Å². The highest BCUT2D eigenvalue weighted by Crippen LogP contribution is 2.28. The summed E-state index contributed by atoms with van der Waals surface area (Å²) in [5, 5.41) is 0. The van der Waals surface area contributed by atoms with Gasteiger partial charge in [0.05, 0.1) is 0 Å². The Morgan fingerprint density at radius 2 is 2.13 bits per heavy atom. The van der Waals surface area contributed by atoms with Crippen LogP contribution in [0, 0.1) is 5.41 Å². The lowest BCUT2D eigenvalue weighted by molar-refractivity contribution is -0.134. The summed E-state index contributed by atoms with van der Waals surface area (Å²) in [6, 6.07) is 0. The number of rotatable bonds is 4. The van der Waals surface area contributed by atoms with Crippen LogP contribution in [0.4, 0.5) is 0 Å². The summed E-state index contributed by atoms with van der Waals surface area (Å²) in [7, 11) is 0. The summed E-state index contributed by atoms with van der Waals surface area (Å²) in [5.74, 6) is 0.978. The second-order valence-electron chi connectivity index (χ2n) is 5.23. The predicted molar refractivity (Wildman–Crippen MR) is 64.2 cm³/mol. The molecular weight excluding hydrogens is 210 g/mol. The second kappa shape index (κ2) is 5.74. The zero-order valence-electron chi connectivity index (χ0n) is 9.89. The minimum Gasteiger partial charge on any atom is -0.342 e. The monoisotopic (exact) mass is 231 g/mol. The molecule has 0 saturated carbocycles. The Morgan fingerprint density at radius 3 is 2.73 bits per heavy atom. The molecule has 0 N–H and O–H groups in total. The maximum atomic E-state index is 11.8. The van der Waals surface area contributed by atoms with E-state index in [1.807, 2.05) is 4.90 Å². The number of hydrogen-bond donors (Lipinski definition) is 0. The van der Waals surface area contributed by atoms with E-state index < -0.39 is 0 Å². The van der Waals surface area contributed by atoms with Crippen molar-refractivity contribution in [3.8, 4) is 0 Å². The minimum absolute atomic E-state index is 0.306. The molecule has 1 aliphatic rings. The van der Waals surface area contributed by atoms with Crippen LogP contribution in [0.15, 0.2) is 0 Å². The van der Waals surface area contributed by atoms with Gasteiger partial charge in [0.1, 0.15) is 0 Å². The van der Waals surface area contributed by atoms with E-state index in [0.717, 1.165) is 32.4 Å². The molecule has 0 aromatic heterocycles. The Kier molecular flexibility index (Phi) is 4.91. The Hall–Kier alpha value is -0.240. The normalized spacial score (nSPS) is 20.3. The predicted octanol–water partition coefficient (Wildman–Crippen LogP) is 3.04. The molecule has 2 nitrogen and oxygen atoms in total. The van der Waals surface area contributed by atoms with Gasteiger partial charge in [-0.15, -0.1) is 11.6 Å². The van der Waals surface area contributed by atoms with Gasteiger partial charge in [0, 0.05) is 25.4 Å². The summed E-state index contributed by atoms with van der Waals surface area (Å²) in [4.78, 5) is 13.9. The van der Waals surface area contributed by atoms with Crippen molar-refractivity contribution >= 4 is 17.5 Å². The molecule has 0 aliphatic carbocycles. The third-order valence-electron chi connectivity index (χ3n) is 3.03. The Labute approximate surface area is 98.0 Å². The first-order chi connectivity index (χ1) is 7.05. The molecule has 88 valence electrons. The quantitative estimate of drug-likeness (QED) is 0.538. The van der Waals surface area contributed by atoms with Crippen LogP contribution in [0.2, 0.25) is 0 Å². The van der Waals surface area contributed by atoms with Gasteiger partial charge in [-0.05, 0) is 31.1 Å². The molecule has 3 heteroatoms. The molecule has 0 unspecified atom stereocenters. The van der Waals surface area contributed by atoms with E-state index in [1.54, 1.807) is 0 Å². The molecular formula is C12H22ClNO. The third-order valence-corrected chi connectivity index (χ3v) is 3.29. The fraction of sp³-hybridized carbons (Fsp3) is 0.917. The molecule has 15 heavy (non-hydrogen) atoms. The highest BCUT2D eigenvalue weighted by Gasteiger charge is 2.28. The van der Waals surface area contributed by atoms with E-state index in [1.165, 1.54) is 6.42 Å². The standard InChI is InChI=1S/C12H22ClNO/c1-12(2)7-5-9-14(10-12)11(15)6-3-4-8-13/h3-10H2,1-2H3. The second-order valence-corrected chi connectivity index (χ2v) is 5.61. The van der Waals surface area contributed by atoms with E-state index in [9.17, 15) is 4.79 Å². The molecule has 1 heterocycles. The number of alkyl halides is 1. The van der Waals surface area contributed by atoms with Crippen molar-refractivity contribution in [2.75, 3.05) is 19.0 Å². The lowest BCUT2D eigenvalue weighted by atomic mass is 9.84. The number of carbonyl (C=O) groups is 1. The highest BCUT2D eigenvalue weighted by atomic mass is 35.5. The van der Waals surface area contributed by atoms with Gasteiger partial charge in [-0.1, -0.05) is 13.8 Å². The molecule has 0 atom stereocenters. The highest BCUT2D eigenvalue weighted by molar-refractivity contribution is 6.17. The smallest absolute Gasteiger partial charge is 0.222 e. The van der Waals surface area contributed by atoms with Crippen LogP contribution in [-0.2, 0) is 4.79 Å². The molecule has 1 fully saturated rings. The van der Waals surface area contributed by atoms with E-state index in [4.69, 9.17) is 11.6 Å². The van der Waals surface area contributed by atoms with Gasteiger partial charge in [0.25, 0.3) is 0 Å². The molecule has 1 amide bonds. The first kappa shape index (κ1) is 12.8. The lowest BCUT2D eigenvalue weighted by Crippen LogP contribution is -2.43. The van der Waals surface area contributed by atoms with Gasteiger partial charge in [0.2, 0.25) is 5.91 Å². The van der Waals surface area contributed by atoms with Crippen molar-refractivity contribution in [1.82, 2.24) is 4.90 Å². The van der Waals surface area contributed by atoms with Crippen LogP contribution < -0.4 is 0 Å². The summed E-state index contributed by atoms with van der Waals surface area (Å²) >= 11 is 5.59. The summed E-state index contributed by atoms with van der Waals surface area (Å²) < 4.78 is 0. The van der Waals surface area contributed by atoms with Gasteiger partial charge in [-0.2, -0.15) is 0 Å². The number of unbranched alkanes of at least 4 members (excludes halogenated alkanes) is 1. The molecule has 1 saturated heterocycles. The molecule has 1 aliphatic heterocycles. The number of hydrogen-bond acceptors (Lipinski definition) is 1. The van der Waals surface area contributed by atoms with Crippen LogP contribution in [0.1, 0.15) is 46.0 Å². The number of nitrogens with zero attached hydrogens (tertiary/aromatic N) is 1. The fourth-order valence-corrected chi connectivity index (χ4v) is 2.35. The van der Waals surface area contributed by atoms with Crippen molar-refractivity contribution in [3.63, 3.8) is 0 Å².